The van der Waals surface area contributed by atoms with Crippen LogP contribution in [0.2, 0.25) is 0 Å². The number of esters is 1. The summed E-state index contributed by atoms with van der Waals surface area (Å²) in [7, 11) is 0. The molecule has 0 radical (unpaired) electrons. The van der Waals surface area contributed by atoms with Crippen LogP contribution in [0.25, 0.3) is 0 Å². The van der Waals surface area contributed by atoms with Crippen LogP contribution in [0.3, 0.4) is 0 Å². The van der Waals surface area contributed by atoms with Crippen LogP contribution in [0.5, 0.6) is 23.0 Å². The molecule has 0 aliphatic rings. The third-order valence-electron chi connectivity index (χ3n) is 3.85. The van der Waals surface area contributed by atoms with Gasteiger partial charge in [-0.05, 0) is 30.3 Å². The van der Waals surface area contributed by atoms with Crippen molar-refractivity contribution >= 4 is 17.7 Å². The quantitative estimate of drug-likeness (QED) is 0.229. The molecule has 32 heavy (non-hydrogen) atoms. The van der Waals surface area contributed by atoms with Gasteiger partial charge in [0.15, 0.2) is 24.8 Å². The summed E-state index contributed by atoms with van der Waals surface area (Å²) in [5, 5.41) is 13.2. The van der Waals surface area contributed by atoms with Crippen LogP contribution in [0.15, 0.2) is 78.9 Å². The van der Waals surface area contributed by atoms with Gasteiger partial charge < -0.3 is 18.9 Å². The highest BCUT2D eigenvalue weighted by atomic mass is 16.6. The van der Waals surface area contributed by atoms with E-state index in [2.05, 4.69) is 5.32 Å². The Morgan fingerprint density at radius 2 is 1.56 bits per heavy atom. The van der Waals surface area contributed by atoms with E-state index in [1.807, 2.05) is 0 Å². The number of benzene rings is 3. The smallest absolute Gasteiger partial charge is 0.415 e. The average molecular weight is 438 g/mol. The van der Waals surface area contributed by atoms with Gasteiger partial charge in [0.05, 0.1) is 11.0 Å². The van der Waals surface area contributed by atoms with Crippen molar-refractivity contribution < 1.29 is 33.5 Å². The molecule has 0 aliphatic heterocycles. The van der Waals surface area contributed by atoms with Gasteiger partial charge in [-0.3, -0.25) is 15.4 Å². The Morgan fingerprint density at radius 3 is 2.31 bits per heavy atom. The first kappa shape index (κ1) is 22.1. The van der Waals surface area contributed by atoms with Crippen molar-refractivity contribution in [2.45, 2.75) is 0 Å². The largest absolute Gasteiger partial charge is 0.478 e. The fourth-order valence-corrected chi connectivity index (χ4v) is 2.43. The molecular formula is C22H18N2O8. The molecule has 0 fully saturated rings. The Balaban J connectivity index is 1.47. The summed E-state index contributed by atoms with van der Waals surface area (Å²) >= 11 is 0. The van der Waals surface area contributed by atoms with Crippen molar-refractivity contribution in [3.8, 4) is 23.0 Å². The number of carbonyl (C=O) groups excluding carboxylic acids is 2. The van der Waals surface area contributed by atoms with Gasteiger partial charge in [-0.2, -0.15) is 0 Å². The SMILES string of the molecule is O=C(COc1ccccc1Oc1cccc([N+](=O)[O-])c1)OCNC(=O)Oc1ccccc1. The Labute approximate surface area is 182 Å². The van der Waals surface area contributed by atoms with Crippen LogP contribution in [-0.2, 0) is 9.53 Å². The van der Waals surface area contributed by atoms with Crippen LogP contribution in [0, 0.1) is 10.1 Å². The first-order chi connectivity index (χ1) is 15.5. The van der Waals surface area contributed by atoms with Crippen molar-refractivity contribution in [3.63, 3.8) is 0 Å². The maximum Gasteiger partial charge on any atom is 0.415 e. The van der Waals surface area contributed by atoms with Crippen molar-refractivity contribution in [2.24, 2.45) is 0 Å². The van der Waals surface area contributed by atoms with E-state index in [0.29, 0.717) is 5.75 Å². The van der Waals surface area contributed by atoms with Gasteiger partial charge in [0.25, 0.3) is 5.69 Å². The lowest BCUT2D eigenvalue weighted by atomic mass is 10.3. The molecule has 0 heterocycles. The van der Waals surface area contributed by atoms with Crippen molar-refractivity contribution in [1.82, 2.24) is 5.32 Å². The molecule has 0 unspecified atom stereocenters. The lowest BCUT2D eigenvalue weighted by Crippen LogP contribution is -2.31. The Morgan fingerprint density at radius 1 is 0.875 bits per heavy atom. The van der Waals surface area contributed by atoms with Crippen LogP contribution >= 0.6 is 0 Å². The summed E-state index contributed by atoms with van der Waals surface area (Å²) in [6, 6.07) is 20.6. The number of carbonyl (C=O) groups is 2. The molecule has 3 aromatic carbocycles. The summed E-state index contributed by atoms with van der Waals surface area (Å²) in [5.74, 6) is 0.326. The van der Waals surface area contributed by atoms with E-state index in [1.165, 1.54) is 18.2 Å². The lowest BCUT2D eigenvalue weighted by molar-refractivity contribution is -0.384. The van der Waals surface area contributed by atoms with Crippen molar-refractivity contribution in [1.29, 1.82) is 0 Å². The second-order valence-corrected chi connectivity index (χ2v) is 6.13. The molecule has 3 rings (SSSR count). The third-order valence-corrected chi connectivity index (χ3v) is 3.85. The van der Waals surface area contributed by atoms with E-state index in [4.69, 9.17) is 18.9 Å². The monoisotopic (exact) mass is 438 g/mol. The number of nitro benzene ring substituents is 1. The number of nitrogens with zero attached hydrogens (tertiary/aromatic N) is 1. The fourth-order valence-electron chi connectivity index (χ4n) is 2.43. The number of nitro groups is 1. The molecule has 0 spiro atoms. The highest BCUT2D eigenvalue weighted by Gasteiger charge is 2.12. The average Bonchev–Trinajstić information content (AvgIpc) is 2.79. The van der Waals surface area contributed by atoms with Crippen LogP contribution in [-0.4, -0.2) is 30.3 Å². The van der Waals surface area contributed by atoms with Gasteiger partial charge in [-0.15, -0.1) is 0 Å². The molecule has 164 valence electrons. The lowest BCUT2D eigenvalue weighted by Gasteiger charge is -2.12. The zero-order valence-electron chi connectivity index (χ0n) is 16.6. The second-order valence-electron chi connectivity index (χ2n) is 6.13. The number of non-ortho nitro benzene ring substituents is 1. The number of amides is 1. The first-order valence-corrected chi connectivity index (χ1v) is 9.32. The predicted octanol–water partition coefficient (Wildman–Crippen LogP) is 4.06. The minimum Gasteiger partial charge on any atom is -0.478 e. The summed E-state index contributed by atoms with van der Waals surface area (Å²) in [6.07, 6.45) is -0.777. The molecule has 1 amide bonds. The van der Waals surface area contributed by atoms with E-state index < -0.39 is 30.3 Å². The van der Waals surface area contributed by atoms with Gasteiger partial charge in [0, 0.05) is 6.07 Å². The topological polar surface area (TPSA) is 126 Å². The maximum atomic E-state index is 11.9. The molecule has 0 saturated heterocycles. The summed E-state index contributed by atoms with van der Waals surface area (Å²) < 4.78 is 20.9. The minimum absolute atomic E-state index is 0.122. The van der Waals surface area contributed by atoms with Crippen LogP contribution in [0.4, 0.5) is 10.5 Å². The van der Waals surface area contributed by atoms with E-state index in [1.54, 1.807) is 60.7 Å². The Hall–Kier alpha value is -4.60. The van der Waals surface area contributed by atoms with E-state index in [-0.39, 0.29) is 22.9 Å². The van der Waals surface area contributed by atoms with Gasteiger partial charge in [0.2, 0.25) is 0 Å². The predicted molar refractivity (Wildman–Crippen MR) is 112 cm³/mol. The molecule has 0 aromatic heterocycles. The summed E-state index contributed by atoms with van der Waals surface area (Å²) in [5.41, 5.74) is -0.122. The van der Waals surface area contributed by atoms with Crippen molar-refractivity contribution in [2.75, 3.05) is 13.3 Å². The summed E-state index contributed by atoms with van der Waals surface area (Å²) in [4.78, 5) is 33.9. The fraction of sp³-hybridized carbons (Fsp3) is 0.0909. The van der Waals surface area contributed by atoms with Gasteiger partial charge in [0.1, 0.15) is 11.5 Å². The van der Waals surface area contributed by atoms with E-state index in [9.17, 15) is 19.7 Å². The van der Waals surface area contributed by atoms with Crippen LogP contribution < -0.4 is 19.5 Å². The Bertz CT molecular complexity index is 1090. The molecule has 3 aromatic rings. The zero-order chi connectivity index (χ0) is 22.8. The van der Waals surface area contributed by atoms with Gasteiger partial charge >= 0.3 is 12.1 Å². The van der Waals surface area contributed by atoms with Crippen molar-refractivity contribution in [3.05, 3.63) is 89.0 Å². The Kier molecular flexibility index (Phi) is 7.58. The highest BCUT2D eigenvalue weighted by molar-refractivity contribution is 5.73. The number of para-hydroxylation sites is 3. The third kappa shape index (κ3) is 6.73. The molecule has 1 N–H and O–H groups in total. The number of ether oxygens (including phenoxy) is 4. The molecule has 0 atom stereocenters. The van der Waals surface area contributed by atoms with E-state index >= 15 is 0 Å². The maximum absolute atomic E-state index is 11.9. The van der Waals surface area contributed by atoms with Gasteiger partial charge in [-0.25, -0.2) is 9.59 Å². The molecule has 10 nitrogen and oxygen atoms in total. The number of hydrogen-bond donors (Lipinski definition) is 1. The molecule has 10 heteroatoms. The first-order valence-electron chi connectivity index (χ1n) is 9.32. The number of hydrogen-bond acceptors (Lipinski definition) is 8. The van der Waals surface area contributed by atoms with E-state index in [0.717, 1.165) is 0 Å². The zero-order valence-corrected chi connectivity index (χ0v) is 16.6. The normalized spacial score (nSPS) is 10.0. The number of rotatable bonds is 9. The number of nitrogens with one attached hydrogen (secondary N) is 1. The molecule has 0 aliphatic carbocycles. The molecule has 0 saturated carbocycles. The van der Waals surface area contributed by atoms with Gasteiger partial charge in [-0.1, -0.05) is 36.4 Å². The highest BCUT2D eigenvalue weighted by Crippen LogP contribution is 2.32. The molecule has 0 bridgehead atoms. The minimum atomic E-state index is -0.777. The van der Waals surface area contributed by atoms with Crippen LogP contribution in [0.1, 0.15) is 0 Å². The second kappa shape index (κ2) is 11.0. The standard InChI is InChI=1S/C22H18N2O8/c25-21(30-15-23-22(26)32-17-8-2-1-3-9-17)14-29-19-11-4-5-12-20(19)31-18-10-6-7-16(13-18)24(27)28/h1-13H,14-15H2,(H,23,26). The molecular weight excluding hydrogens is 420 g/mol. The summed E-state index contributed by atoms with van der Waals surface area (Å²) in [6.45, 7) is -0.857.